The van der Waals surface area contributed by atoms with Crippen molar-refractivity contribution < 1.29 is 17.2 Å². The molecule has 0 N–H and O–H groups in total. The van der Waals surface area contributed by atoms with E-state index < -0.39 is 26.6 Å². The molecule has 1 aliphatic carbocycles. The van der Waals surface area contributed by atoms with Gasteiger partial charge in [-0.15, -0.1) is 0 Å². The van der Waals surface area contributed by atoms with Crippen LogP contribution in [0.3, 0.4) is 0 Å². The second-order valence-corrected chi connectivity index (χ2v) is 5.88. The highest BCUT2D eigenvalue weighted by Gasteiger charge is 2.45. The lowest BCUT2D eigenvalue weighted by Crippen LogP contribution is -2.26. The van der Waals surface area contributed by atoms with Crippen LogP contribution >= 0.6 is 10.7 Å². The van der Waals surface area contributed by atoms with Crippen molar-refractivity contribution >= 4 is 19.7 Å². The predicted octanol–water partition coefficient (Wildman–Crippen LogP) is 1.99. The molecule has 0 heterocycles. The summed E-state index contributed by atoms with van der Waals surface area (Å²) in [7, 11) is 1.09. The third-order valence-corrected chi connectivity index (χ3v) is 3.24. The van der Waals surface area contributed by atoms with E-state index in [4.69, 9.17) is 10.7 Å². The summed E-state index contributed by atoms with van der Waals surface area (Å²) < 4.78 is 46.6. The highest BCUT2D eigenvalue weighted by molar-refractivity contribution is 8.13. The van der Waals surface area contributed by atoms with E-state index in [1.807, 2.05) is 0 Å². The molecule has 1 aliphatic rings. The molecule has 2 nitrogen and oxygen atoms in total. The third kappa shape index (κ3) is 2.55. The summed E-state index contributed by atoms with van der Waals surface area (Å²) in [5, 5.41) is 0. The Labute approximate surface area is 74.3 Å². The molecule has 0 spiro atoms. The maximum atomic E-state index is 12.8. The molecule has 1 rings (SSSR count). The zero-order valence-corrected chi connectivity index (χ0v) is 7.84. The van der Waals surface area contributed by atoms with Gasteiger partial charge in [-0.3, -0.25) is 0 Å². The number of alkyl halides is 2. The summed E-state index contributed by atoms with van der Waals surface area (Å²) in [6.07, 6.45) is 0.410. The molecule has 0 saturated heterocycles. The molecule has 12 heavy (non-hydrogen) atoms. The Kier molecular flexibility index (Phi) is 2.63. The second kappa shape index (κ2) is 3.10. The average molecular weight is 219 g/mol. The maximum Gasteiger partial charge on any atom is 0.251 e. The van der Waals surface area contributed by atoms with Crippen molar-refractivity contribution in [3.05, 3.63) is 0 Å². The van der Waals surface area contributed by atoms with Crippen LogP contribution in [0.2, 0.25) is 0 Å². The molecule has 6 heteroatoms. The van der Waals surface area contributed by atoms with Crippen LogP contribution < -0.4 is 0 Å². The molecular formula is C6H9ClF2O2S. The topological polar surface area (TPSA) is 34.1 Å². The van der Waals surface area contributed by atoms with Crippen LogP contribution in [0, 0.1) is 5.92 Å². The number of halogens is 3. The molecule has 1 atom stereocenters. The van der Waals surface area contributed by atoms with Gasteiger partial charge in [-0.05, 0) is 12.8 Å². The highest BCUT2D eigenvalue weighted by atomic mass is 35.7. The van der Waals surface area contributed by atoms with Crippen LogP contribution in [0.15, 0.2) is 0 Å². The maximum absolute atomic E-state index is 12.8. The highest BCUT2D eigenvalue weighted by Crippen LogP contribution is 2.41. The van der Waals surface area contributed by atoms with E-state index in [-0.39, 0.29) is 12.8 Å². The van der Waals surface area contributed by atoms with Crippen LogP contribution in [0.4, 0.5) is 8.78 Å². The zero-order valence-electron chi connectivity index (χ0n) is 6.26. The van der Waals surface area contributed by atoms with Crippen LogP contribution in [0.25, 0.3) is 0 Å². The molecule has 0 radical (unpaired) electrons. The standard InChI is InChI=1S/C6H9ClF2O2S/c7-12(10,11)4-5-2-1-3-6(5,8)9/h5H,1-4H2/t5-/m0/s1. The van der Waals surface area contributed by atoms with E-state index in [0.717, 1.165) is 0 Å². The van der Waals surface area contributed by atoms with Crippen LogP contribution in [-0.4, -0.2) is 20.1 Å². The lowest BCUT2D eigenvalue weighted by Gasteiger charge is -2.16. The quantitative estimate of drug-likeness (QED) is 0.665. The lowest BCUT2D eigenvalue weighted by molar-refractivity contribution is -0.0286. The van der Waals surface area contributed by atoms with Crippen molar-refractivity contribution in [3.63, 3.8) is 0 Å². The Bertz CT molecular complexity index is 263. The Morgan fingerprint density at radius 1 is 1.50 bits per heavy atom. The largest absolute Gasteiger partial charge is 0.251 e. The Morgan fingerprint density at radius 3 is 2.42 bits per heavy atom. The van der Waals surface area contributed by atoms with Gasteiger partial charge in [0.15, 0.2) is 0 Å². The number of hydrogen-bond acceptors (Lipinski definition) is 2. The lowest BCUT2D eigenvalue weighted by atomic mass is 10.1. The first-order valence-corrected chi connectivity index (χ1v) is 6.09. The van der Waals surface area contributed by atoms with Crippen LogP contribution in [0.1, 0.15) is 19.3 Å². The van der Waals surface area contributed by atoms with E-state index in [9.17, 15) is 17.2 Å². The summed E-state index contributed by atoms with van der Waals surface area (Å²) in [5.74, 6) is -4.54. The number of rotatable bonds is 2. The van der Waals surface area contributed by atoms with Crippen molar-refractivity contribution in [1.82, 2.24) is 0 Å². The van der Waals surface area contributed by atoms with Crippen molar-refractivity contribution in [2.24, 2.45) is 5.92 Å². The first-order chi connectivity index (χ1) is 5.31. The molecule has 72 valence electrons. The molecule has 1 saturated carbocycles. The molecule has 0 aromatic rings. The third-order valence-electron chi connectivity index (χ3n) is 2.06. The van der Waals surface area contributed by atoms with Gasteiger partial charge >= 0.3 is 0 Å². The van der Waals surface area contributed by atoms with Gasteiger partial charge < -0.3 is 0 Å². The molecule has 0 amide bonds. The number of hydrogen-bond donors (Lipinski definition) is 0. The Hall–Kier alpha value is 0.1000. The minimum Gasteiger partial charge on any atom is -0.212 e. The van der Waals surface area contributed by atoms with E-state index in [1.54, 1.807) is 0 Å². The average Bonchev–Trinajstić information content (AvgIpc) is 2.07. The zero-order chi connectivity index (χ0) is 9.41. The van der Waals surface area contributed by atoms with Crippen molar-refractivity contribution in [2.45, 2.75) is 25.2 Å². The van der Waals surface area contributed by atoms with Gasteiger partial charge in [-0.25, -0.2) is 17.2 Å². The summed E-state index contributed by atoms with van der Waals surface area (Å²) in [6.45, 7) is 0. The summed E-state index contributed by atoms with van der Waals surface area (Å²) in [5.41, 5.74) is 0. The van der Waals surface area contributed by atoms with E-state index in [2.05, 4.69) is 0 Å². The first-order valence-electron chi connectivity index (χ1n) is 3.61. The van der Waals surface area contributed by atoms with Gasteiger partial charge in [0.2, 0.25) is 9.05 Å². The predicted molar refractivity (Wildman–Crippen MR) is 41.9 cm³/mol. The second-order valence-electron chi connectivity index (χ2n) is 3.06. The summed E-state index contributed by atoms with van der Waals surface area (Å²) in [6, 6.07) is 0. The van der Waals surface area contributed by atoms with Gasteiger partial charge in [0.1, 0.15) is 0 Å². The fourth-order valence-corrected chi connectivity index (χ4v) is 2.79. The SMILES string of the molecule is O=S(=O)(Cl)C[C@@H]1CCCC1(F)F. The van der Waals surface area contributed by atoms with Gasteiger partial charge in [0.05, 0.1) is 5.75 Å². The van der Waals surface area contributed by atoms with Gasteiger partial charge in [0.25, 0.3) is 5.92 Å². The minimum atomic E-state index is -3.79. The minimum absolute atomic E-state index is 0.218. The van der Waals surface area contributed by atoms with Crippen molar-refractivity contribution in [2.75, 3.05) is 5.75 Å². The summed E-state index contributed by atoms with van der Waals surface area (Å²) >= 11 is 0. The summed E-state index contributed by atoms with van der Waals surface area (Å²) in [4.78, 5) is 0. The molecule has 0 aromatic carbocycles. The van der Waals surface area contributed by atoms with Crippen LogP contribution in [-0.2, 0) is 9.05 Å². The molecule has 0 aliphatic heterocycles. The van der Waals surface area contributed by atoms with Gasteiger partial charge in [-0.1, -0.05) is 0 Å². The molecule has 0 bridgehead atoms. The van der Waals surface area contributed by atoms with Crippen molar-refractivity contribution in [1.29, 1.82) is 0 Å². The monoisotopic (exact) mass is 218 g/mol. The molecule has 0 unspecified atom stereocenters. The fourth-order valence-electron chi connectivity index (χ4n) is 1.45. The fraction of sp³-hybridized carbons (Fsp3) is 1.00. The molecular weight excluding hydrogens is 210 g/mol. The van der Waals surface area contributed by atoms with E-state index in [0.29, 0.717) is 6.42 Å². The van der Waals surface area contributed by atoms with E-state index in [1.165, 1.54) is 0 Å². The van der Waals surface area contributed by atoms with E-state index >= 15 is 0 Å². The Morgan fingerprint density at radius 2 is 2.08 bits per heavy atom. The van der Waals surface area contributed by atoms with Crippen LogP contribution in [0.5, 0.6) is 0 Å². The normalized spacial score (nSPS) is 29.1. The van der Waals surface area contributed by atoms with Crippen molar-refractivity contribution in [3.8, 4) is 0 Å². The Balaban J connectivity index is 2.65. The smallest absolute Gasteiger partial charge is 0.212 e. The molecule has 1 fully saturated rings. The molecule has 0 aromatic heterocycles. The first kappa shape index (κ1) is 10.2. The van der Waals surface area contributed by atoms with Gasteiger partial charge in [-0.2, -0.15) is 0 Å². The van der Waals surface area contributed by atoms with Gasteiger partial charge in [0, 0.05) is 23.0 Å².